The molecule has 0 saturated carbocycles. The van der Waals surface area contributed by atoms with Crippen molar-refractivity contribution < 1.29 is 23.9 Å². The summed E-state index contributed by atoms with van der Waals surface area (Å²) < 4.78 is 9.87. The molecular formula is C22H26N2O5. The third-order valence-electron chi connectivity index (χ3n) is 4.37. The molecule has 0 bridgehead atoms. The number of rotatable bonds is 9. The van der Waals surface area contributed by atoms with Crippen LogP contribution in [0.3, 0.4) is 0 Å². The van der Waals surface area contributed by atoms with Gasteiger partial charge in [-0.05, 0) is 18.1 Å². The Hall–Kier alpha value is -3.35. The van der Waals surface area contributed by atoms with Crippen molar-refractivity contribution in [2.75, 3.05) is 13.7 Å². The molecule has 0 heterocycles. The zero-order valence-electron chi connectivity index (χ0n) is 16.6. The summed E-state index contributed by atoms with van der Waals surface area (Å²) in [5.74, 6) is -0.957. The average Bonchev–Trinajstić information content (AvgIpc) is 2.76. The largest absolute Gasteiger partial charge is 0.469 e. The third-order valence-corrected chi connectivity index (χ3v) is 4.37. The maximum atomic E-state index is 12.3. The predicted molar refractivity (Wildman–Crippen MR) is 108 cm³/mol. The molecule has 2 amide bonds. The van der Waals surface area contributed by atoms with Gasteiger partial charge in [0.2, 0.25) is 5.91 Å². The molecule has 0 aromatic heterocycles. The van der Waals surface area contributed by atoms with Crippen LogP contribution in [0.1, 0.15) is 30.4 Å². The second kappa shape index (κ2) is 11.5. The Morgan fingerprint density at radius 2 is 1.59 bits per heavy atom. The van der Waals surface area contributed by atoms with Gasteiger partial charge in [0, 0.05) is 12.5 Å². The summed E-state index contributed by atoms with van der Waals surface area (Å²) in [5, 5.41) is 5.27. The first kappa shape index (κ1) is 21.9. The van der Waals surface area contributed by atoms with E-state index in [1.165, 1.54) is 7.11 Å². The summed E-state index contributed by atoms with van der Waals surface area (Å²) in [4.78, 5) is 35.9. The summed E-state index contributed by atoms with van der Waals surface area (Å²) >= 11 is 0. The predicted octanol–water partition coefficient (Wildman–Crippen LogP) is 2.76. The molecule has 29 heavy (non-hydrogen) atoms. The molecular weight excluding hydrogens is 372 g/mol. The van der Waals surface area contributed by atoms with E-state index in [2.05, 4.69) is 10.6 Å². The Morgan fingerprint density at radius 1 is 0.966 bits per heavy atom. The van der Waals surface area contributed by atoms with Crippen molar-refractivity contribution in [2.45, 2.75) is 31.9 Å². The Morgan fingerprint density at radius 3 is 2.21 bits per heavy atom. The lowest BCUT2D eigenvalue weighted by molar-refractivity contribution is -0.141. The van der Waals surface area contributed by atoms with E-state index >= 15 is 0 Å². The lowest BCUT2D eigenvalue weighted by atomic mass is 9.95. The van der Waals surface area contributed by atoms with Gasteiger partial charge in [-0.25, -0.2) is 4.79 Å². The number of alkyl carbamates (subject to hydrolysis) is 1. The summed E-state index contributed by atoms with van der Waals surface area (Å²) in [6.07, 6.45) is -0.535. The topological polar surface area (TPSA) is 93.7 Å². The van der Waals surface area contributed by atoms with Crippen LogP contribution in [0.5, 0.6) is 0 Å². The smallest absolute Gasteiger partial charge is 0.408 e. The fourth-order valence-electron chi connectivity index (χ4n) is 2.70. The lowest BCUT2D eigenvalue weighted by Crippen LogP contribution is -2.46. The molecule has 0 spiro atoms. The highest BCUT2D eigenvalue weighted by atomic mass is 16.5. The van der Waals surface area contributed by atoms with Crippen molar-refractivity contribution in [2.24, 2.45) is 0 Å². The number of hydrogen-bond acceptors (Lipinski definition) is 5. The van der Waals surface area contributed by atoms with Crippen LogP contribution in [-0.2, 0) is 25.7 Å². The zero-order valence-corrected chi connectivity index (χ0v) is 16.6. The van der Waals surface area contributed by atoms with E-state index in [1.807, 2.05) is 60.7 Å². The Bertz CT molecular complexity index is 795. The average molecular weight is 398 g/mol. The maximum absolute atomic E-state index is 12.3. The number of carbonyl (C=O) groups excluding carboxylic acids is 3. The first-order valence-electron chi connectivity index (χ1n) is 9.36. The summed E-state index contributed by atoms with van der Waals surface area (Å²) in [7, 11) is 1.33. The van der Waals surface area contributed by atoms with Gasteiger partial charge in [-0.15, -0.1) is 0 Å². The number of ether oxygens (including phenoxy) is 2. The highest BCUT2D eigenvalue weighted by Gasteiger charge is 2.21. The van der Waals surface area contributed by atoms with Crippen molar-refractivity contribution in [1.82, 2.24) is 10.6 Å². The van der Waals surface area contributed by atoms with Gasteiger partial charge >= 0.3 is 12.1 Å². The number of nitrogens with one attached hydrogen (secondary N) is 2. The highest BCUT2D eigenvalue weighted by Crippen LogP contribution is 2.19. The van der Waals surface area contributed by atoms with Crippen LogP contribution >= 0.6 is 0 Å². The second-order valence-corrected chi connectivity index (χ2v) is 6.56. The zero-order chi connectivity index (χ0) is 21.1. The van der Waals surface area contributed by atoms with Crippen LogP contribution in [0.2, 0.25) is 0 Å². The van der Waals surface area contributed by atoms with Gasteiger partial charge in [-0.3, -0.25) is 9.59 Å². The van der Waals surface area contributed by atoms with Crippen molar-refractivity contribution in [3.05, 3.63) is 71.8 Å². The van der Waals surface area contributed by atoms with Gasteiger partial charge in [0.25, 0.3) is 0 Å². The third kappa shape index (κ3) is 7.65. The number of amides is 2. The van der Waals surface area contributed by atoms with Crippen molar-refractivity contribution in [3.63, 3.8) is 0 Å². The number of hydrogen-bond donors (Lipinski definition) is 2. The van der Waals surface area contributed by atoms with E-state index in [4.69, 9.17) is 9.47 Å². The maximum Gasteiger partial charge on any atom is 0.408 e. The summed E-state index contributed by atoms with van der Waals surface area (Å²) in [6.45, 7) is 1.93. The molecule has 0 aliphatic carbocycles. The van der Waals surface area contributed by atoms with E-state index in [0.717, 1.165) is 11.1 Å². The second-order valence-electron chi connectivity index (χ2n) is 6.56. The molecule has 0 fully saturated rings. The van der Waals surface area contributed by atoms with E-state index in [9.17, 15) is 14.4 Å². The number of esters is 1. The van der Waals surface area contributed by atoms with Gasteiger partial charge in [-0.2, -0.15) is 0 Å². The van der Waals surface area contributed by atoms with Crippen LogP contribution in [-0.4, -0.2) is 37.7 Å². The van der Waals surface area contributed by atoms with Gasteiger partial charge in [0.15, 0.2) is 0 Å². The SMILES string of the molecule is COC(=O)C[C@H](CNC(=O)[C@H](C)NC(=O)OCc1ccccc1)c1ccccc1. The van der Waals surface area contributed by atoms with E-state index < -0.39 is 12.1 Å². The van der Waals surface area contributed by atoms with Crippen LogP contribution in [0.25, 0.3) is 0 Å². The summed E-state index contributed by atoms with van der Waals surface area (Å²) in [5.41, 5.74) is 1.77. The minimum atomic E-state index is -0.784. The van der Waals surface area contributed by atoms with Gasteiger partial charge in [-0.1, -0.05) is 60.7 Å². The molecule has 0 aliphatic rings. The van der Waals surface area contributed by atoms with Gasteiger partial charge in [0.05, 0.1) is 13.5 Å². The molecule has 0 saturated heterocycles. The minimum absolute atomic E-state index is 0.121. The van der Waals surface area contributed by atoms with E-state index in [0.29, 0.717) is 0 Å². The standard InChI is InChI=1S/C22H26N2O5/c1-16(24-22(27)29-15-17-9-5-3-6-10-17)21(26)23-14-19(13-20(25)28-2)18-11-7-4-8-12-18/h3-12,16,19H,13-15H2,1-2H3,(H,23,26)(H,24,27)/t16-,19+/m0/s1. The number of carbonyl (C=O) groups is 3. The van der Waals surface area contributed by atoms with Gasteiger partial charge < -0.3 is 20.1 Å². The lowest BCUT2D eigenvalue weighted by Gasteiger charge is -2.19. The van der Waals surface area contributed by atoms with Crippen molar-refractivity contribution in [1.29, 1.82) is 0 Å². The molecule has 0 aliphatic heterocycles. The van der Waals surface area contributed by atoms with Crippen molar-refractivity contribution >= 4 is 18.0 Å². The fraction of sp³-hybridized carbons (Fsp3) is 0.318. The molecule has 2 atom stereocenters. The van der Waals surface area contributed by atoms with Crippen LogP contribution in [0, 0.1) is 0 Å². The molecule has 0 radical (unpaired) electrons. The number of methoxy groups -OCH3 is 1. The Kier molecular flexibility index (Phi) is 8.69. The molecule has 0 unspecified atom stereocenters. The van der Waals surface area contributed by atoms with E-state index in [1.54, 1.807) is 6.92 Å². The normalized spacial score (nSPS) is 12.3. The monoisotopic (exact) mass is 398 g/mol. The first-order valence-corrected chi connectivity index (χ1v) is 9.36. The molecule has 7 heteroatoms. The molecule has 2 rings (SSSR count). The molecule has 2 aromatic carbocycles. The van der Waals surface area contributed by atoms with Crippen LogP contribution in [0.15, 0.2) is 60.7 Å². The van der Waals surface area contributed by atoms with E-state index in [-0.39, 0.29) is 37.4 Å². The molecule has 2 aromatic rings. The number of benzene rings is 2. The first-order chi connectivity index (χ1) is 14.0. The minimum Gasteiger partial charge on any atom is -0.469 e. The Labute approximate surface area is 170 Å². The van der Waals surface area contributed by atoms with Crippen LogP contribution in [0.4, 0.5) is 4.79 Å². The quantitative estimate of drug-likeness (QED) is 0.634. The van der Waals surface area contributed by atoms with Crippen molar-refractivity contribution in [3.8, 4) is 0 Å². The molecule has 2 N–H and O–H groups in total. The highest BCUT2D eigenvalue weighted by molar-refractivity contribution is 5.85. The Balaban J connectivity index is 1.83. The fourth-order valence-corrected chi connectivity index (χ4v) is 2.70. The molecule has 7 nitrogen and oxygen atoms in total. The molecule has 154 valence electrons. The van der Waals surface area contributed by atoms with Gasteiger partial charge in [0.1, 0.15) is 12.6 Å². The summed E-state index contributed by atoms with van der Waals surface area (Å²) in [6, 6.07) is 17.9. The van der Waals surface area contributed by atoms with Crippen LogP contribution < -0.4 is 10.6 Å².